The number of aryl methyl sites for hydroxylation is 1. The summed E-state index contributed by atoms with van der Waals surface area (Å²) in [6.45, 7) is 4.16. The topological polar surface area (TPSA) is 129 Å². The maximum Gasteiger partial charge on any atom is 0.245 e. The Labute approximate surface area is 208 Å². The molecule has 2 aliphatic heterocycles. The standard InChI is InChI=1S/C25H28FN9O/c1-24-8-9-25(2,33-24)21(26)18(11-24)35(15-5-6-15)23-28-13-17(30-31-23)16-7-4-14(10-19(16)36)22-29-20(12-27)34(3)32-22/h4,7,10,13,15,18,21,33,36H,5-6,8-9,11H2,1-3H3/t18-,21-,24-,25+/m1/s1. The second kappa shape index (κ2) is 7.93. The molecule has 2 saturated heterocycles. The molecule has 10 nitrogen and oxygen atoms in total. The van der Waals surface area contributed by atoms with Gasteiger partial charge in [0.1, 0.15) is 23.7 Å². The van der Waals surface area contributed by atoms with Gasteiger partial charge in [0, 0.05) is 35.3 Å². The first-order chi connectivity index (χ1) is 17.2. The summed E-state index contributed by atoms with van der Waals surface area (Å²) < 4.78 is 17.2. The van der Waals surface area contributed by atoms with Crippen molar-refractivity contribution in [1.29, 1.82) is 5.26 Å². The number of piperidine rings is 1. The van der Waals surface area contributed by atoms with E-state index in [0.717, 1.165) is 25.7 Å². The smallest absolute Gasteiger partial charge is 0.245 e. The minimum absolute atomic E-state index is 0.0269. The molecule has 1 aromatic carbocycles. The van der Waals surface area contributed by atoms with Crippen molar-refractivity contribution in [3.63, 3.8) is 0 Å². The molecule has 1 aliphatic carbocycles. The van der Waals surface area contributed by atoms with Gasteiger partial charge in [-0.25, -0.2) is 14.1 Å². The lowest BCUT2D eigenvalue weighted by Crippen LogP contribution is -2.66. The minimum Gasteiger partial charge on any atom is -0.507 e. The Morgan fingerprint density at radius 1 is 1.25 bits per heavy atom. The molecule has 3 fully saturated rings. The van der Waals surface area contributed by atoms with E-state index in [1.54, 1.807) is 25.4 Å². The van der Waals surface area contributed by atoms with Gasteiger partial charge in [-0.1, -0.05) is 6.07 Å². The quantitative estimate of drug-likeness (QED) is 0.556. The number of fused-ring (bicyclic) bond motifs is 2. The molecule has 11 heteroatoms. The van der Waals surface area contributed by atoms with E-state index in [0.29, 0.717) is 35.0 Å². The van der Waals surface area contributed by atoms with Crippen molar-refractivity contribution in [2.45, 2.75) is 75.3 Å². The van der Waals surface area contributed by atoms with Crippen LogP contribution in [0.4, 0.5) is 10.3 Å². The Hall–Kier alpha value is -3.65. The third kappa shape index (κ3) is 3.67. The second-order valence-corrected chi connectivity index (χ2v) is 10.8. The number of nitrogens with one attached hydrogen (secondary N) is 1. The number of nitrogens with zero attached hydrogens (tertiary/aromatic N) is 8. The first-order valence-corrected chi connectivity index (χ1v) is 12.3. The van der Waals surface area contributed by atoms with Crippen LogP contribution >= 0.6 is 0 Å². The molecule has 186 valence electrons. The Morgan fingerprint density at radius 3 is 2.69 bits per heavy atom. The average molecular weight is 490 g/mol. The summed E-state index contributed by atoms with van der Waals surface area (Å²) in [5.74, 6) is 0.926. The first-order valence-electron chi connectivity index (χ1n) is 12.3. The van der Waals surface area contributed by atoms with E-state index < -0.39 is 11.7 Å². The average Bonchev–Trinajstić information content (AvgIpc) is 3.56. The van der Waals surface area contributed by atoms with Crippen LogP contribution in [0.25, 0.3) is 22.6 Å². The third-order valence-corrected chi connectivity index (χ3v) is 7.86. The monoisotopic (exact) mass is 489 g/mol. The molecule has 4 heterocycles. The lowest BCUT2D eigenvalue weighted by molar-refractivity contribution is 0.0828. The van der Waals surface area contributed by atoms with Crippen molar-refractivity contribution in [2.75, 3.05) is 4.90 Å². The van der Waals surface area contributed by atoms with Gasteiger partial charge in [-0.3, -0.25) is 0 Å². The molecule has 2 aromatic heterocycles. The number of anilines is 1. The van der Waals surface area contributed by atoms with Gasteiger partial charge in [0.2, 0.25) is 11.8 Å². The van der Waals surface area contributed by atoms with Crippen LogP contribution in [-0.4, -0.2) is 64.4 Å². The van der Waals surface area contributed by atoms with Gasteiger partial charge >= 0.3 is 0 Å². The van der Waals surface area contributed by atoms with Crippen LogP contribution in [0.3, 0.4) is 0 Å². The van der Waals surface area contributed by atoms with E-state index in [1.165, 1.54) is 10.7 Å². The lowest BCUT2D eigenvalue weighted by Gasteiger charge is -2.48. The van der Waals surface area contributed by atoms with E-state index in [-0.39, 0.29) is 29.2 Å². The van der Waals surface area contributed by atoms with Crippen LogP contribution in [0.15, 0.2) is 24.4 Å². The number of nitriles is 1. The van der Waals surface area contributed by atoms with Crippen LogP contribution in [0.1, 0.15) is 51.8 Å². The summed E-state index contributed by atoms with van der Waals surface area (Å²) in [4.78, 5) is 10.8. The van der Waals surface area contributed by atoms with Gasteiger partial charge in [0.25, 0.3) is 0 Å². The Balaban J connectivity index is 1.28. The minimum atomic E-state index is -1.03. The van der Waals surface area contributed by atoms with Crippen molar-refractivity contribution in [3.8, 4) is 34.5 Å². The second-order valence-electron chi connectivity index (χ2n) is 10.8. The van der Waals surface area contributed by atoms with Gasteiger partial charge in [-0.15, -0.1) is 10.2 Å². The molecule has 2 bridgehead atoms. The van der Waals surface area contributed by atoms with Gasteiger partial charge in [-0.05, 0) is 58.1 Å². The zero-order valence-electron chi connectivity index (χ0n) is 20.5. The number of rotatable bonds is 5. The molecule has 0 amide bonds. The van der Waals surface area contributed by atoms with Gasteiger partial charge in [0.15, 0.2) is 5.82 Å². The summed E-state index contributed by atoms with van der Waals surface area (Å²) in [5, 5.41) is 36.3. The summed E-state index contributed by atoms with van der Waals surface area (Å²) >= 11 is 0. The van der Waals surface area contributed by atoms with Crippen molar-refractivity contribution in [3.05, 3.63) is 30.2 Å². The fraction of sp³-hybridized carbons (Fsp3) is 0.520. The van der Waals surface area contributed by atoms with E-state index in [4.69, 9.17) is 5.26 Å². The molecule has 0 spiro atoms. The normalized spacial score (nSPS) is 29.2. The number of hydrogen-bond acceptors (Lipinski definition) is 9. The largest absolute Gasteiger partial charge is 0.507 e. The highest BCUT2D eigenvalue weighted by Gasteiger charge is 2.58. The summed E-state index contributed by atoms with van der Waals surface area (Å²) in [6.07, 6.45) is 5.00. The maximum atomic E-state index is 15.8. The SMILES string of the molecule is Cn1nc(-c2ccc(-c3cnc(N(C4CC4)[C@@H]4C[C@@]5(C)CC[C@](C)(N5)[C@@H]4F)nn3)c(O)c2)nc1C#N. The highest BCUT2D eigenvalue weighted by atomic mass is 19.1. The predicted molar refractivity (Wildman–Crippen MR) is 130 cm³/mol. The molecule has 0 unspecified atom stereocenters. The molecule has 36 heavy (non-hydrogen) atoms. The van der Waals surface area contributed by atoms with Gasteiger partial charge in [0.05, 0.1) is 12.2 Å². The van der Waals surface area contributed by atoms with Crippen LogP contribution in [0.5, 0.6) is 5.75 Å². The molecular weight excluding hydrogens is 461 g/mol. The zero-order chi connectivity index (χ0) is 25.2. The fourth-order valence-corrected chi connectivity index (χ4v) is 5.88. The number of phenolic OH excluding ortho intramolecular Hbond substituents is 1. The van der Waals surface area contributed by atoms with E-state index in [9.17, 15) is 5.11 Å². The molecule has 0 radical (unpaired) electrons. The Morgan fingerprint density at radius 2 is 2.06 bits per heavy atom. The number of aromatic nitrogens is 6. The number of phenols is 1. The molecule has 2 N–H and O–H groups in total. The van der Waals surface area contributed by atoms with E-state index in [1.807, 2.05) is 17.9 Å². The molecule has 6 rings (SSSR count). The number of hydrogen-bond donors (Lipinski definition) is 2. The van der Waals surface area contributed by atoms with Crippen LogP contribution < -0.4 is 10.2 Å². The number of halogens is 1. The number of benzene rings is 1. The highest BCUT2D eigenvalue weighted by Crippen LogP contribution is 2.47. The highest BCUT2D eigenvalue weighted by molar-refractivity contribution is 5.71. The molecular formula is C25H28FN9O. The van der Waals surface area contributed by atoms with E-state index >= 15 is 4.39 Å². The predicted octanol–water partition coefficient (Wildman–Crippen LogP) is 2.89. The van der Waals surface area contributed by atoms with Crippen molar-refractivity contribution in [1.82, 2.24) is 35.3 Å². The van der Waals surface area contributed by atoms with Crippen molar-refractivity contribution >= 4 is 5.95 Å². The Kier molecular flexibility index (Phi) is 5.02. The lowest BCUT2D eigenvalue weighted by atomic mass is 9.82. The van der Waals surface area contributed by atoms with Crippen LogP contribution in [0.2, 0.25) is 0 Å². The number of aromatic hydroxyl groups is 1. The van der Waals surface area contributed by atoms with Crippen molar-refractivity contribution in [2.24, 2.45) is 7.05 Å². The molecule has 1 saturated carbocycles. The molecule has 3 aromatic rings. The molecule has 3 aliphatic rings. The summed E-state index contributed by atoms with van der Waals surface area (Å²) in [7, 11) is 1.64. The summed E-state index contributed by atoms with van der Waals surface area (Å²) in [6, 6.07) is 6.86. The first kappa shape index (κ1) is 22.8. The third-order valence-electron chi connectivity index (χ3n) is 7.86. The fourth-order valence-electron chi connectivity index (χ4n) is 5.88. The van der Waals surface area contributed by atoms with Crippen LogP contribution in [-0.2, 0) is 7.05 Å². The number of alkyl halides is 1. The van der Waals surface area contributed by atoms with Crippen molar-refractivity contribution < 1.29 is 9.50 Å². The molecule has 4 atom stereocenters. The Bertz CT molecular complexity index is 1360. The van der Waals surface area contributed by atoms with Crippen LogP contribution in [0, 0.1) is 11.3 Å². The van der Waals surface area contributed by atoms with Gasteiger partial charge in [-0.2, -0.15) is 15.3 Å². The van der Waals surface area contributed by atoms with E-state index in [2.05, 4.69) is 37.5 Å². The van der Waals surface area contributed by atoms with Gasteiger partial charge < -0.3 is 15.3 Å². The zero-order valence-corrected chi connectivity index (χ0v) is 20.5. The summed E-state index contributed by atoms with van der Waals surface area (Å²) in [5.41, 5.74) is 0.811. The maximum absolute atomic E-state index is 15.8.